The summed E-state index contributed by atoms with van der Waals surface area (Å²) in [6.45, 7) is 7.03. The van der Waals surface area contributed by atoms with Crippen LogP contribution in [0.2, 0.25) is 0 Å². The minimum Gasteiger partial charge on any atom is -0.487 e. The lowest BCUT2D eigenvalue weighted by atomic mass is 10.1. The van der Waals surface area contributed by atoms with Gasteiger partial charge in [0.1, 0.15) is 11.9 Å². The van der Waals surface area contributed by atoms with Gasteiger partial charge in [0, 0.05) is 19.3 Å². The molecule has 1 aliphatic heterocycles. The maximum absolute atomic E-state index is 11.1. The number of amides is 1. The summed E-state index contributed by atoms with van der Waals surface area (Å²) in [4.78, 5) is 21.8. The highest BCUT2D eigenvalue weighted by atomic mass is 16.5. The van der Waals surface area contributed by atoms with E-state index in [4.69, 9.17) is 4.74 Å². The van der Waals surface area contributed by atoms with E-state index in [-0.39, 0.29) is 18.1 Å². The molecule has 1 aromatic heterocycles. The highest BCUT2D eigenvalue weighted by Gasteiger charge is 2.30. The molecule has 0 aliphatic carbocycles. The lowest BCUT2D eigenvalue weighted by molar-refractivity contribution is -0.119. The second-order valence-corrected chi connectivity index (χ2v) is 6.20. The fraction of sp³-hybridized carbons (Fsp3) is 0.389. The van der Waals surface area contributed by atoms with E-state index in [2.05, 4.69) is 20.2 Å². The van der Waals surface area contributed by atoms with Gasteiger partial charge >= 0.3 is 0 Å². The van der Waals surface area contributed by atoms with E-state index < -0.39 is 0 Å². The number of aromatic nitrogens is 2. The molecule has 6 heteroatoms. The molecule has 1 atom stereocenters. The molecule has 126 valence electrons. The zero-order valence-electron chi connectivity index (χ0n) is 14.2. The van der Waals surface area contributed by atoms with Crippen LogP contribution in [0.25, 0.3) is 0 Å². The van der Waals surface area contributed by atoms with Crippen molar-refractivity contribution in [3.63, 3.8) is 0 Å². The molecular weight excluding hydrogens is 304 g/mol. The summed E-state index contributed by atoms with van der Waals surface area (Å²) in [7, 11) is 0. The maximum atomic E-state index is 11.1. The molecule has 1 saturated heterocycles. The SMILES string of the molecule is CC(=O)N[C@@H](C)c1ccc(OC2CN(c3ncc(C)cn3)C2)cc1. The van der Waals surface area contributed by atoms with Crippen molar-refractivity contribution in [2.75, 3.05) is 18.0 Å². The Morgan fingerprint density at radius 1 is 1.25 bits per heavy atom. The average molecular weight is 326 g/mol. The largest absolute Gasteiger partial charge is 0.487 e. The van der Waals surface area contributed by atoms with Crippen molar-refractivity contribution in [2.45, 2.75) is 32.9 Å². The van der Waals surface area contributed by atoms with Crippen molar-refractivity contribution in [1.29, 1.82) is 0 Å². The standard InChI is InChI=1S/C18H22N4O2/c1-12-8-19-18(20-9-12)22-10-17(11-22)24-16-6-4-15(5-7-16)13(2)21-14(3)23/h4-9,13,17H,10-11H2,1-3H3,(H,21,23)/t13-/m0/s1. The molecule has 6 nitrogen and oxygen atoms in total. The third-order valence-electron chi connectivity index (χ3n) is 4.00. The van der Waals surface area contributed by atoms with Gasteiger partial charge in [-0.2, -0.15) is 0 Å². The molecule has 2 heterocycles. The van der Waals surface area contributed by atoms with E-state index in [1.54, 1.807) is 0 Å². The number of hydrogen-bond acceptors (Lipinski definition) is 5. The number of carbonyl (C=O) groups excluding carboxylic acids is 1. The molecule has 0 spiro atoms. The fourth-order valence-electron chi connectivity index (χ4n) is 2.64. The quantitative estimate of drug-likeness (QED) is 0.913. The lowest BCUT2D eigenvalue weighted by Gasteiger charge is -2.38. The van der Waals surface area contributed by atoms with Crippen molar-refractivity contribution < 1.29 is 9.53 Å². The zero-order chi connectivity index (χ0) is 17.1. The Kier molecular flexibility index (Phi) is 4.64. The minimum atomic E-state index is -0.0317. The Labute approximate surface area is 141 Å². The van der Waals surface area contributed by atoms with Gasteiger partial charge in [0.25, 0.3) is 0 Å². The summed E-state index contributed by atoms with van der Waals surface area (Å²) < 4.78 is 5.96. The molecule has 1 amide bonds. The monoisotopic (exact) mass is 326 g/mol. The van der Waals surface area contributed by atoms with Crippen molar-refractivity contribution in [2.24, 2.45) is 0 Å². The second kappa shape index (κ2) is 6.86. The molecule has 1 aliphatic rings. The van der Waals surface area contributed by atoms with Crippen LogP contribution < -0.4 is 15.0 Å². The van der Waals surface area contributed by atoms with Crippen molar-refractivity contribution in [3.8, 4) is 5.75 Å². The number of aryl methyl sites for hydroxylation is 1. The molecular formula is C18H22N4O2. The summed E-state index contributed by atoms with van der Waals surface area (Å²) >= 11 is 0. The Bertz CT molecular complexity index is 694. The van der Waals surface area contributed by atoms with E-state index in [9.17, 15) is 4.79 Å². The molecule has 24 heavy (non-hydrogen) atoms. The molecule has 3 rings (SSSR count). The number of hydrogen-bond donors (Lipinski definition) is 1. The van der Waals surface area contributed by atoms with Gasteiger partial charge in [-0.3, -0.25) is 4.79 Å². The number of benzene rings is 1. The van der Waals surface area contributed by atoms with Crippen LogP contribution in [0.15, 0.2) is 36.7 Å². The van der Waals surface area contributed by atoms with Crippen LogP contribution in [0.1, 0.15) is 31.0 Å². The Hall–Kier alpha value is -2.63. The van der Waals surface area contributed by atoms with Gasteiger partial charge in [0.15, 0.2) is 0 Å². The number of anilines is 1. The molecule has 0 unspecified atom stereocenters. The van der Waals surface area contributed by atoms with Gasteiger partial charge in [-0.15, -0.1) is 0 Å². The van der Waals surface area contributed by atoms with E-state index in [0.29, 0.717) is 0 Å². The first-order valence-electron chi connectivity index (χ1n) is 8.08. The summed E-state index contributed by atoms with van der Waals surface area (Å²) in [5.41, 5.74) is 2.11. The molecule has 0 bridgehead atoms. The first-order chi connectivity index (χ1) is 11.5. The van der Waals surface area contributed by atoms with Gasteiger partial charge in [0.2, 0.25) is 11.9 Å². The van der Waals surface area contributed by atoms with Crippen molar-refractivity contribution >= 4 is 11.9 Å². The summed E-state index contributed by atoms with van der Waals surface area (Å²) in [5, 5.41) is 2.87. The fourth-order valence-corrected chi connectivity index (χ4v) is 2.64. The number of nitrogens with zero attached hydrogens (tertiary/aromatic N) is 3. The van der Waals surface area contributed by atoms with Gasteiger partial charge in [-0.25, -0.2) is 9.97 Å². The Morgan fingerprint density at radius 2 is 1.88 bits per heavy atom. The first kappa shape index (κ1) is 16.2. The van der Waals surface area contributed by atoms with E-state index >= 15 is 0 Å². The Morgan fingerprint density at radius 3 is 2.46 bits per heavy atom. The van der Waals surface area contributed by atoms with Gasteiger partial charge in [-0.05, 0) is 37.1 Å². The lowest BCUT2D eigenvalue weighted by Crippen LogP contribution is -2.54. The second-order valence-electron chi connectivity index (χ2n) is 6.20. The van der Waals surface area contributed by atoms with Crippen LogP contribution in [0.4, 0.5) is 5.95 Å². The molecule has 0 radical (unpaired) electrons. The van der Waals surface area contributed by atoms with Crippen LogP contribution >= 0.6 is 0 Å². The first-order valence-corrected chi connectivity index (χ1v) is 8.08. The predicted octanol–water partition coefficient (Wildman–Crippen LogP) is 2.25. The number of rotatable bonds is 5. The molecule has 1 N–H and O–H groups in total. The number of ether oxygens (including phenoxy) is 1. The average Bonchev–Trinajstić information content (AvgIpc) is 2.51. The molecule has 1 fully saturated rings. The highest BCUT2D eigenvalue weighted by molar-refractivity contribution is 5.73. The van der Waals surface area contributed by atoms with Crippen LogP contribution in [-0.4, -0.2) is 35.1 Å². The molecule has 1 aromatic carbocycles. The predicted molar refractivity (Wildman–Crippen MR) is 92.1 cm³/mol. The summed E-state index contributed by atoms with van der Waals surface area (Å²) in [6, 6.07) is 7.84. The topological polar surface area (TPSA) is 67.3 Å². The van der Waals surface area contributed by atoms with Gasteiger partial charge < -0.3 is 15.0 Å². The minimum absolute atomic E-state index is 0.00516. The van der Waals surface area contributed by atoms with Gasteiger partial charge in [0.05, 0.1) is 19.1 Å². The van der Waals surface area contributed by atoms with Gasteiger partial charge in [-0.1, -0.05) is 12.1 Å². The third kappa shape index (κ3) is 3.82. The zero-order valence-corrected chi connectivity index (χ0v) is 14.2. The molecule has 0 saturated carbocycles. The number of nitrogens with one attached hydrogen (secondary N) is 1. The molecule has 2 aromatic rings. The third-order valence-corrected chi connectivity index (χ3v) is 4.00. The van der Waals surface area contributed by atoms with Crippen LogP contribution in [-0.2, 0) is 4.79 Å². The summed E-state index contributed by atoms with van der Waals surface area (Å²) in [6.07, 6.45) is 3.80. The van der Waals surface area contributed by atoms with Crippen molar-refractivity contribution in [1.82, 2.24) is 15.3 Å². The summed E-state index contributed by atoms with van der Waals surface area (Å²) in [5.74, 6) is 1.55. The normalized spacial score (nSPS) is 15.5. The smallest absolute Gasteiger partial charge is 0.225 e. The highest BCUT2D eigenvalue weighted by Crippen LogP contribution is 2.23. The van der Waals surface area contributed by atoms with Crippen LogP contribution in [0, 0.1) is 6.92 Å². The van der Waals surface area contributed by atoms with E-state index in [1.165, 1.54) is 6.92 Å². The van der Waals surface area contributed by atoms with Crippen LogP contribution in [0.3, 0.4) is 0 Å². The maximum Gasteiger partial charge on any atom is 0.225 e. The van der Waals surface area contributed by atoms with Crippen molar-refractivity contribution in [3.05, 3.63) is 47.8 Å². The van der Waals surface area contributed by atoms with Crippen LogP contribution in [0.5, 0.6) is 5.75 Å². The van der Waals surface area contributed by atoms with E-state index in [1.807, 2.05) is 50.5 Å². The van der Waals surface area contributed by atoms with E-state index in [0.717, 1.165) is 35.9 Å². The Balaban J connectivity index is 1.51. The number of carbonyl (C=O) groups is 1.